The summed E-state index contributed by atoms with van der Waals surface area (Å²) in [5, 5.41) is 0. The summed E-state index contributed by atoms with van der Waals surface area (Å²) in [6, 6.07) is 13.3. The molecule has 4 nitrogen and oxygen atoms in total. The first-order chi connectivity index (χ1) is 9.58. The highest BCUT2D eigenvalue weighted by atomic mass is 16.2. The molecule has 0 aliphatic heterocycles. The summed E-state index contributed by atoms with van der Waals surface area (Å²) in [5.74, 6) is -0.0819. The number of hydrogen-bond donors (Lipinski definition) is 0. The van der Waals surface area contributed by atoms with E-state index in [0.29, 0.717) is 12.1 Å². The average Bonchev–Trinajstić information content (AvgIpc) is 2.45. The van der Waals surface area contributed by atoms with Crippen molar-refractivity contribution >= 4 is 5.91 Å². The van der Waals surface area contributed by atoms with Crippen molar-refractivity contribution in [1.82, 2.24) is 9.47 Å². The molecule has 2 rings (SSSR count). The second-order valence-electron chi connectivity index (χ2n) is 4.86. The van der Waals surface area contributed by atoms with Crippen molar-refractivity contribution in [2.24, 2.45) is 0 Å². The summed E-state index contributed by atoms with van der Waals surface area (Å²) in [6.07, 6.45) is 1.64. The molecular weight excluding hydrogens is 252 g/mol. The maximum absolute atomic E-state index is 12.1. The van der Waals surface area contributed by atoms with Crippen LogP contribution in [0.4, 0.5) is 0 Å². The van der Waals surface area contributed by atoms with Crippen LogP contribution in [-0.4, -0.2) is 22.4 Å². The minimum atomic E-state index is -0.117. The monoisotopic (exact) mass is 270 g/mol. The summed E-state index contributed by atoms with van der Waals surface area (Å²) >= 11 is 0. The minimum absolute atomic E-state index is 0.0733. The zero-order valence-electron chi connectivity index (χ0n) is 11.7. The fourth-order valence-electron chi connectivity index (χ4n) is 1.99. The van der Waals surface area contributed by atoms with Crippen LogP contribution in [0.15, 0.2) is 53.5 Å². The predicted molar refractivity (Wildman–Crippen MR) is 78.4 cm³/mol. The molecule has 1 amide bonds. The largest absolute Gasteiger partial charge is 0.340 e. The maximum Gasteiger partial charge on any atom is 0.253 e. The molecule has 0 saturated heterocycles. The first kappa shape index (κ1) is 14.1. The number of hydrogen-bond acceptors (Lipinski definition) is 2. The van der Waals surface area contributed by atoms with Crippen LogP contribution in [0.3, 0.4) is 0 Å². The van der Waals surface area contributed by atoms with Crippen molar-refractivity contribution in [2.45, 2.75) is 20.0 Å². The molecule has 0 N–H and O–H groups in total. The first-order valence-corrected chi connectivity index (χ1v) is 6.52. The summed E-state index contributed by atoms with van der Waals surface area (Å²) in [4.78, 5) is 25.7. The lowest BCUT2D eigenvalue weighted by atomic mass is 10.2. The first-order valence-electron chi connectivity index (χ1n) is 6.52. The lowest BCUT2D eigenvalue weighted by molar-refractivity contribution is -0.131. The molecule has 0 aliphatic rings. The van der Waals surface area contributed by atoms with Crippen LogP contribution in [0.25, 0.3) is 0 Å². The van der Waals surface area contributed by atoms with Gasteiger partial charge in [0.15, 0.2) is 0 Å². The number of likely N-dealkylation sites (N-methyl/N-ethyl adjacent to an activating group) is 1. The molecule has 2 aromatic rings. The van der Waals surface area contributed by atoms with E-state index in [9.17, 15) is 9.59 Å². The molecule has 104 valence electrons. The Hall–Kier alpha value is -2.36. The van der Waals surface area contributed by atoms with Crippen LogP contribution in [-0.2, 0) is 17.9 Å². The van der Waals surface area contributed by atoms with Crippen molar-refractivity contribution < 1.29 is 4.79 Å². The number of amides is 1. The summed E-state index contributed by atoms with van der Waals surface area (Å²) in [5.41, 5.74) is 1.60. The number of pyridine rings is 1. The second-order valence-corrected chi connectivity index (χ2v) is 4.86. The van der Waals surface area contributed by atoms with E-state index in [1.54, 1.807) is 37.2 Å². The van der Waals surface area contributed by atoms with E-state index in [-0.39, 0.29) is 18.0 Å². The standard InChI is InChI=1S/C16H18N2O2/c1-13-7-6-10-18(16(13)20)12-15(19)17(2)11-14-8-4-3-5-9-14/h3-10H,11-12H2,1-2H3. The lowest BCUT2D eigenvalue weighted by Gasteiger charge is -2.18. The van der Waals surface area contributed by atoms with Gasteiger partial charge in [0.05, 0.1) is 0 Å². The highest BCUT2D eigenvalue weighted by Crippen LogP contribution is 2.03. The number of rotatable bonds is 4. The van der Waals surface area contributed by atoms with Crippen LogP contribution >= 0.6 is 0 Å². The number of carbonyl (C=O) groups is 1. The van der Waals surface area contributed by atoms with Gasteiger partial charge in [0.1, 0.15) is 6.54 Å². The van der Waals surface area contributed by atoms with Crippen LogP contribution < -0.4 is 5.56 Å². The molecule has 1 aromatic carbocycles. The molecule has 1 heterocycles. The van der Waals surface area contributed by atoms with Gasteiger partial charge in [-0.3, -0.25) is 9.59 Å². The Morgan fingerprint density at radius 2 is 1.85 bits per heavy atom. The Morgan fingerprint density at radius 1 is 1.15 bits per heavy atom. The molecule has 0 saturated carbocycles. The van der Waals surface area contributed by atoms with Crippen molar-refractivity contribution in [3.05, 3.63) is 70.1 Å². The molecule has 20 heavy (non-hydrogen) atoms. The van der Waals surface area contributed by atoms with E-state index in [4.69, 9.17) is 0 Å². The quantitative estimate of drug-likeness (QED) is 0.850. The molecule has 1 aromatic heterocycles. The van der Waals surface area contributed by atoms with Crippen LogP contribution in [0.5, 0.6) is 0 Å². The maximum atomic E-state index is 12.1. The van der Waals surface area contributed by atoms with Gasteiger partial charge in [-0.15, -0.1) is 0 Å². The smallest absolute Gasteiger partial charge is 0.253 e. The van der Waals surface area contributed by atoms with Gasteiger partial charge in [-0.1, -0.05) is 36.4 Å². The van der Waals surface area contributed by atoms with E-state index in [0.717, 1.165) is 5.56 Å². The second kappa shape index (κ2) is 6.19. The fourth-order valence-corrected chi connectivity index (χ4v) is 1.99. The van der Waals surface area contributed by atoms with Gasteiger partial charge in [-0.05, 0) is 18.6 Å². The molecule has 0 spiro atoms. The molecule has 0 atom stereocenters. The van der Waals surface area contributed by atoms with Gasteiger partial charge in [0, 0.05) is 25.4 Å². The van der Waals surface area contributed by atoms with Crippen molar-refractivity contribution in [3.8, 4) is 0 Å². The molecule has 4 heteroatoms. The minimum Gasteiger partial charge on any atom is -0.340 e. The van der Waals surface area contributed by atoms with Crippen LogP contribution in [0.2, 0.25) is 0 Å². The SMILES string of the molecule is Cc1cccn(CC(=O)N(C)Cc2ccccc2)c1=O. The van der Waals surface area contributed by atoms with E-state index in [1.807, 2.05) is 30.3 Å². The Bertz CT molecular complexity index is 647. The van der Waals surface area contributed by atoms with Gasteiger partial charge in [-0.2, -0.15) is 0 Å². The highest BCUT2D eigenvalue weighted by Gasteiger charge is 2.11. The van der Waals surface area contributed by atoms with E-state index in [2.05, 4.69) is 0 Å². The Kier molecular flexibility index (Phi) is 4.35. The molecule has 0 radical (unpaired) electrons. The average molecular weight is 270 g/mol. The molecular formula is C16H18N2O2. The third-order valence-corrected chi connectivity index (χ3v) is 3.20. The lowest BCUT2D eigenvalue weighted by Crippen LogP contribution is -2.33. The molecule has 0 unspecified atom stereocenters. The zero-order chi connectivity index (χ0) is 14.5. The number of carbonyl (C=O) groups excluding carboxylic acids is 1. The third kappa shape index (κ3) is 3.35. The van der Waals surface area contributed by atoms with Crippen molar-refractivity contribution in [2.75, 3.05) is 7.05 Å². The van der Waals surface area contributed by atoms with Crippen LogP contribution in [0, 0.1) is 6.92 Å². The third-order valence-electron chi connectivity index (χ3n) is 3.20. The predicted octanol–water partition coefficient (Wildman–Crippen LogP) is 1.82. The summed E-state index contributed by atoms with van der Waals surface area (Å²) in [6.45, 7) is 2.36. The molecule has 0 fully saturated rings. The van der Waals surface area contributed by atoms with Gasteiger partial charge in [0.2, 0.25) is 5.91 Å². The van der Waals surface area contributed by atoms with Gasteiger partial charge >= 0.3 is 0 Å². The Labute approximate surface area is 118 Å². The van der Waals surface area contributed by atoms with Crippen molar-refractivity contribution in [3.63, 3.8) is 0 Å². The van der Waals surface area contributed by atoms with Gasteiger partial charge in [0.25, 0.3) is 5.56 Å². The number of aromatic nitrogens is 1. The highest BCUT2D eigenvalue weighted by molar-refractivity contribution is 5.75. The van der Waals surface area contributed by atoms with E-state index in [1.165, 1.54) is 4.57 Å². The Balaban J connectivity index is 2.05. The molecule has 0 aliphatic carbocycles. The van der Waals surface area contributed by atoms with E-state index >= 15 is 0 Å². The fraction of sp³-hybridized carbons (Fsp3) is 0.250. The van der Waals surface area contributed by atoms with Crippen LogP contribution in [0.1, 0.15) is 11.1 Å². The van der Waals surface area contributed by atoms with Gasteiger partial charge in [-0.25, -0.2) is 0 Å². The summed E-state index contributed by atoms with van der Waals surface area (Å²) in [7, 11) is 1.75. The number of aryl methyl sites for hydroxylation is 1. The van der Waals surface area contributed by atoms with E-state index < -0.39 is 0 Å². The normalized spacial score (nSPS) is 10.3. The number of benzene rings is 1. The number of nitrogens with zero attached hydrogens (tertiary/aromatic N) is 2. The summed E-state index contributed by atoms with van der Waals surface area (Å²) < 4.78 is 1.44. The van der Waals surface area contributed by atoms with Gasteiger partial charge < -0.3 is 9.47 Å². The Morgan fingerprint density at radius 3 is 2.55 bits per heavy atom. The van der Waals surface area contributed by atoms with Crippen molar-refractivity contribution in [1.29, 1.82) is 0 Å². The topological polar surface area (TPSA) is 42.3 Å². The zero-order valence-corrected chi connectivity index (χ0v) is 11.7. The molecule has 0 bridgehead atoms.